The second-order valence-corrected chi connectivity index (χ2v) is 10.1. The Hall–Kier alpha value is -2.91. The fourth-order valence-corrected chi connectivity index (χ4v) is 5.88. The Morgan fingerprint density at radius 2 is 1.85 bits per heavy atom. The first-order valence-corrected chi connectivity index (χ1v) is 12.8. The summed E-state index contributed by atoms with van der Waals surface area (Å²) >= 11 is 0. The van der Waals surface area contributed by atoms with Crippen molar-refractivity contribution in [1.82, 2.24) is 19.2 Å². The van der Waals surface area contributed by atoms with E-state index in [1.807, 2.05) is 24.3 Å². The molecule has 9 heteroatoms. The van der Waals surface area contributed by atoms with E-state index in [9.17, 15) is 13.2 Å². The van der Waals surface area contributed by atoms with Crippen LogP contribution in [0.3, 0.4) is 0 Å². The molecule has 1 saturated heterocycles. The van der Waals surface area contributed by atoms with Crippen molar-refractivity contribution in [2.24, 2.45) is 0 Å². The molecule has 1 fully saturated rings. The Bertz CT molecular complexity index is 1210. The zero-order valence-corrected chi connectivity index (χ0v) is 19.7. The number of para-hydroxylation sites is 2. The number of amides is 1. The lowest BCUT2D eigenvalue weighted by molar-refractivity contribution is 0.0952. The molecule has 0 bridgehead atoms. The van der Waals surface area contributed by atoms with Crippen LogP contribution in [-0.2, 0) is 16.6 Å². The van der Waals surface area contributed by atoms with E-state index >= 15 is 0 Å². The maximum Gasteiger partial charge on any atom is 0.251 e. The van der Waals surface area contributed by atoms with Crippen LogP contribution in [0.25, 0.3) is 11.0 Å². The lowest BCUT2D eigenvalue weighted by Crippen LogP contribution is -2.32. The molecular weight excluding hydrogens is 440 g/mol. The molecule has 8 nitrogen and oxygen atoms in total. The minimum absolute atomic E-state index is 0.0458. The summed E-state index contributed by atoms with van der Waals surface area (Å²) < 4.78 is 35.5. The van der Waals surface area contributed by atoms with Crippen LogP contribution in [0.15, 0.2) is 53.7 Å². The normalized spacial score (nSPS) is 15.3. The van der Waals surface area contributed by atoms with Crippen LogP contribution in [0.2, 0.25) is 0 Å². The first kappa shape index (κ1) is 23.3. The highest BCUT2D eigenvalue weighted by atomic mass is 32.2. The average Bonchev–Trinajstić information content (AvgIpc) is 3.04. The number of nitrogens with zero attached hydrogens (tertiary/aromatic N) is 3. The van der Waals surface area contributed by atoms with Crippen LogP contribution in [-0.4, -0.2) is 54.9 Å². The van der Waals surface area contributed by atoms with Gasteiger partial charge in [0, 0.05) is 31.7 Å². The van der Waals surface area contributed by atoms with Crippen molar-refractivity contribution in [1.29, 1.82) is 0 Å². The van der Waals surface area contributed by atoms with Crippen LogP contribution in [0.5, 0.6) is 5.75 Å². The van der Waals surface area contributed by atoms with Crippen molar-refractivity contribution in [3.8, 4) is 5.75 Å². The third kappa shape index (κ3) is 5.20. The van der Waals surface area contributed by atoms with Crippen molar-refractivity contribution in [2.45, 2.75) is 43.5 Å². The van der Waals surface area contributed by atoms with Crippen molar-refractivity contribution in [3.63, 3.8) is 0 Å². The van der Waals surface area contributed by atoms with Crippen molar-refractivity contribution in [3.05, 3.63) is 54.4 Å². The number of nitrogens with one attached hydrogen (secondary N) is 1. The van der Waals surface area contributed by atoms with Crippen molar-refractivity contribution >= 4 is 27.0 Å². The van der Waals surface area contributed by atoms with Gasteiger partial charge in [-0.15, -0.1) is 0 Å². The maximum atomic E-state index is 13.3. The zero-order chi connectivity index (χ0) is 23.3. The number of sulfonamides is 1. The van der Waals surface area contributed by atoms with Crippen molar-refractivity contribution in [2.75, 3.05) is 26.7 Å². The quantitative estimate of drug-likeness (QED) is 0.509. The number of hydrogen-bond acceptors (Lipinski definition) is 5. The number of carbonyl (C=O) groups excluding carboxylic acids is 1. The highest BCUT2D eigenvalue weighted by Crippen LogP contribution is 2.29. The van der Waals surface area contributed by atoms with Crippen LogP contribution in [0.1, 0.15) is 42.5 Å². The summed E-state index contributed by atoms with van der Waals surface area (Å²) in [5, 5.41) is 2.89. The number of ether oxygens (including phenoxy) is 1. The van der Waals surface area contributed by atoms with E-state index in [4.69, 9.17) is 4.74 Å². The number of imidazole rings is 1. The predicted molar refractivity (Wildman–Crippen MR) is 127 cm³/mol. The smallest absolute Gasteiger partial charge is 0.251 e. The number of aromatic nitrogens is 2. The summed E-state index contributed by atoms with van der Waals surface area (Å²) in [5.74, 6) is -0.0526. The third-order valence-electron chi connectivity index (χ3n) is 6.00. The van der Waals surface area contributed by atoms with Crippen LogP contribution in [0.4, 0.5) is 0 Å². The van der Waals surface area contributed by atoms with Gasteiger partial charge >= 0.3 is 0 Å². The number of rotatable bonds is 8. The fourth-order valence-electron chi connectivity index (χ4n) is 4.18. The van der Waals surface area contributed by atoms with Gasteiger partial charge in [0.05, 0.1) is 24.5 Å². The predicted octanol–water partition coefficient (Wildman–Crippen LogP) is 3.43. The second kappa shape index (κ2) is 10.4. The molecule has 176 valence electrons. The Morgan fingerprint density at radius 3 is 2.61 bits per heavy atom. The summed E-state index contributed by atoms with van der Waals surface area (Å²) in [5.41, 5.74) is 2.30. The maximum absolute atomic E-state index is 13.3. The van der Waals surface area contributed by atoms with Gasteiger partial charge < -0.3 is 14.6 Å². The Balaban J connectivity index is 1.42. The monoisotopic (exact) mass is 470 g/mol. The molecule has 33 heavy (non-hydrogen) atoms. The van der Waals surface area contributed by atoms with Gasteiger partial charge in [-0.3, -0.25) is 4.79 Å². The van der Waals surface area contributed by atoms with Gasteiger partial charge in [-0.2, -0.15) is 4.31 Å². The van der Waals surface area contributed by atoms with Crippen LogP contribution < -0.4 is 10.1 Å². The summed E-state index contributed by atoms with van der Waals surface area (Å²) in [4.78, 5) is 17.2. The number of hydrogen-bond donors (Lipinski definition) is 1. The topological polar surface area (TPSA) is 93.5 Å². The van der Waals surface area contributed by atoms with Gasteiger partial charge in [0.15, 0.2) is 0 Å². The summed E-state index contributed by atoms with van der Waals surface area (Å²) in [6, 6.07) is 12.5. The molecule has 1 amide bonds. The number of carbonyl (C=O) groups is 1. The Kier molecular flexibility index (Phi) is 7.29. The van der Waals surface area contributed by atoms with E-state index in [1.54, 1.807) is 18.5 Å². The number of aryl methyl sites for hydroxylation is 1. The van der Waals surface area contributed by atoms with E-state index < -0.39 is 10.0 Å². The number of fused-ring (bicyclic) bond motifs is 1. The molecular formula is C24H30N4O4S. The van der Waals surface area contributed by atoms with E-state index in [0.717, 1.165) is 49.7 Å². The first-order valence-electron chi connectivity index (χ1n) is 11.4. The molecule has 2 heterocycles. The highest BCUT2D eigenvalue weighted by molar-refractivity contribution is 7.89. The third-order valence-corrected chi connectivity index (χ3v) is 7.92. The van der Waals surface area contributed by atoms with E-state index in [-0.39, 0.29) is 16.6 Å². The van der Waals surface area contributed by atoms with Gasteiger partial charge in [0.1, 0.15) is 10.6 Å². The number of benzene rings is 2. The summed E-state index contributed by atoms with van der Waals surface area (Å²) in [6.07, 6.45) is 6.26. The lowest BCUT2D eigenvalue weighted by atomic mass is 10.2. The van der Waals surface area contributed by atoms with Gasteiger partial charge in [0.2, 0.25) is 10.0 Å². The molecule has 0 atom stereocenters. The molecule has 0 aliphatic carbocycles. The molecule has 1 aliphatic heterocycles. The molecule has 1 N–H and O–H groups in total. The van der Waals surface area contributed by atoms with Gasteiger partial charge in [-0.05, 0) is 49.6 Å². The molecule has 0 saturated carbocycles. The summed E-state index contributed by atoms with van der Waals surface area (Å²) in [7, 11) is -2.30. The molecule has 1 aliphatic rings. The average molecular weight is 471 g/mol. The van der Waals surface area contributed by atoms with Gasteiger partial charge in [0.25, 0.3) is 5.91 Å². The molecule has 0 spiro atoms. The molecule has 0 radical (unpaired) electrons. The van der Waals surface area contributed by atoms with Gasteiger partial charge in [-0.25, -0.2) is 13.4 Å². The van der Waals surface area contributed by atoms with Crippen LogP contribution in [0, 0.1) is 0 Å². The SMILES string of the molecule is COc1ccc(C(=O)NCCCn2cnc3ccccc32)cc1S(=O)(=O)N1CCCCCC1. The fraction of sp³-hybridized carbons (Fsp3) is 0.417. The largest absolute Gasteiger partial charge is 0.495 e. The van der Waals surface area contributed by atoms with E-state index in [0.29, 0.717) is 25.2 Å². The lowest BCUT2D eigenvalue weighted by Gasteiger charge is -2.21. The van der Waals surface area contributed by atoms with E-state index in [2.05, 4.69) is 14.9 Å². The van der Waals surface area contributed by atoms with Crippen LogP contribution >= 0.6 is 0 Å². The Labute approximate surface area is 194 Å². The summed E-state index contributed by atoms with van der Waals surface area (Å²) in [6.45, 7) is 2.17. The second-order valence-electron chi connectivity index (χ2n) is 8.22. The van der Waals surface area contributed by atoms with E-state index in [1.165, 1.54) is 17.5 Å². The molecule has 3 aromatic rings. The standard InChI is InChI=1S/C24H30N4O4S/c1-32-22-12-11-19(17-23(22)33(30,31)28-15-6-2-3-7-16-28)24(29)25-13-8-14-27-18-26-20-9-4-5-10-21(20)27/h4-5,9-12,17-18H,2-3,6-8,13-16H2,1H3,(H,25,29). The van der Waals surface area contributed by atoms with Crippen molar-refractivity contribution < 1.29 is 17.9 Å². The minimum atomic E-state index is -3.74. The minimum Gasteiger partial charge on any atom is -0.495 e. The van der Waals surface area contributed by atoms with Gasteiger partial charge in [-0.1, -0.05) is 25.0 Å². The molecule has 0 unspecified atom stereocenters. The first-order chi connectivity index (χ1) is 16.0. The molecule has 1 aromatic heterocycles. The molecule has 2 aromatic carbocycles. The zero-order valence-electron chi connectivity index (χ0n) is 18.9. The molecule has 4 rings (SSSR count). The highest BCUT2D eigenvalue weighted by Gasteiger charge is 2.29. The number of methoxy groups -OCH3 is 1. The Morgan fingerprint density at radius 1 is 1.09 bits per heavy atom.